The largest absolute Gasteiger partial charge is 0.456 e. The maximum Gasteiger partial charge on any atom is 0.200 e. The van der Waals surface area contributed by atoms with Gasteiger partial charge in [-0.05, 0) is 64.7 Å². The minimum atomic E-state index is -0.0158. The normalized spacial score (nSPS) is 11.2. The summed E-state index contributed by atoms with van der Waals surface area (Å²) in [4.78, 5) is 23.1. The second-order valence-corrected chi connectivity index (χ2v) is 11.0. The van der Waals surface area contributed by atoms with Crippen LogP contribution in [0.2, 0.25) is 0 Å². The Morgan fingerprint density at radius 1 is 0.378 bits per heavy atom. The van der Waals surface area contributed by atoms with Gasteiger partial charge in [-0.1, -0.05) is 115 Å². The second-order valence-electron chi connectivity index (χ2n) is 11.0. The van der Waals surface area contributed by atoms with Gasteiger partial charge in [0.25, 0.3) is 0 Å². The Labute approximate surface area is 259 Å². The number of aromatic nitrogens is 2. The summed E-state index contributed by atoms with van der Waals surface area (Å²) in [6.07, 6.45) is 0. The van der Waals surface area contributed by atoms with Crippen LogP contribution in [-0.2, 0) is 0 Å². The molecular formula is C41H26N2O2. The van der Waals surface area contributed by atoms with E-state index in [4.69, 9.17) is 14.4 Å². The van der Waals surface area contributed by atoms with E-state index in [-0.39, 0.29) is 5.43 Å². The Morgan fingerprint density at radius 2 is 0.867 bits per heavy atom. The zero-order valence-corrected chi connectivity index (χ0v) is 24.2. The van der Waals surface area contributed by atoms with Gasteiger partial charge in [0, 0.05) is 16.7 Å². The van der Waals surface area contributed by atoms with Gasteiger partial charge in [-0.3, -0.25) is 4.79 Å². The quantitative estimate of drug-likeness (QED) is 0.191. The lowest BCUT2D eigenvalue weighted by atomic mass is 9.97. The SMILES string of the molecule is O=c1c2ccccc2oc2cc(-c3cccc(-c4cccc(-c5nc(-c6ccccc6)cc(-c6ccccc6)n5)c4)c3)ccc12. The molecule has 8 rings (SSSR count). The van der Waals surface area contributed by atoms with Crippen molar-refractivity contribution in [3.63, 3.8) is 0 Å². The molecule has 2 aromatic heterocycles. The fourth-order valence-electron chi connectivity index (χ4n) is 5.79. The van der Waals surface area contributed by atoms with Crippen LogP contribution in [0.3, 0.4) is 0 Å². The van der Waals surface area contributed by atoms with Crippen molar-refractivity contribution in [2.45, 2.75) is 0 Å². The molecule has 212 valence electrons. The summed E-state index contributed by atoms with van der Waals surface area (Å²) in [5, 5.41) is 1.17. The molecule has 4 heteroatoms. The van der Waals surface area contributed by atoms with Crippen molar-refractivity contribution in [2.75, 3.05) is 0 Å². The van der Waals surface area contributed by atoms with Gasteiger partial charge in [0.05, 0.1) is 22.2 Å². The molecule has 0 saturated carbocycles. The van der Waals surface area contributed by atoms with Crippen molar-refractivity contribution in [2.24, 2.45) is 0 Å². The smallest absolute Gasteiger partial charge is 0.200 e. The fourth-order valence-corrected chi connectivity index (χ4v) is 5.79. The average Bonchev–Trinajstić information content (AvgIpc) is 3.12. The van der Waals surface area contributed by atoms with Gasteiger partial charge >= 0.3 is 0 Å². The number of benzene rings is 6. The first-order chi connectivity index (χ1) is 22.2. The van der Waals surface area contributed by atoms with Crippen molar-refractivity contribution < 1.29 is 4.42 Å². The maximum atomic E-state index is 13.1. The van der Waals surface area contributed by atoms with Crippen LogP contribution in [0.15, 0.2) is 167 Å². The molecule has 0 atom stereocenters. The third-order valence-electron chi connectivity index (χ3n) is 8.09. The highest BCUT2D eigenvalue weighted by molar-refractivity contribution is 5.92. The maximum absolute atomic E-state index is 13.1. The van der Waals surface area contributed by atoms with Gasteiger partial charge in [0.1, 0.15) is 11.2 Å². The molecule has 4 nitrogen and oxygen atoms in total. The topological polar surface area (TPSA) is 56.0 Å². The van der Waals surface area contributed by atoms with Crippen molar-refractivity contribution >= 4 is 21.9 Å². The third kappa shape index (κ3) is 5.09. The first-order valence-corrected chi connectivity index (χ1v) is 14.9. The van der Waals surface area contributed by atoms with E-state index in [0.717, 1.165) is 50.3 Å². The minimum absolute atomic E-state index is 0.0158. The van der Waals surface area contributed by atoms with Crippen LogP contribution in [0.4, 0.5) is 0 Å². The van der Waals surface area contributed by atoms with Crippen LogP contribution in [-0.4, -0.2) is 9.97 Å². The van der Waals surface area contributed by atoms with E-state index in [2.05, 4.69) is 72.8 Å². The minimum Gasteiger partial charge on any atom is -0.456 e. The zero-order valence-electron chi connectivity index (χ0n) is 24.2. The molecule has 0 amide bonds. The third-order valence-corrected chi connectivity index (χ3v) is 8.09. The van der Waals surface area contributed by atoms with Gasteiger partial charge in [-0.15, -0.1) is 0 Å². The van der Waals surface area contributed by atoms with Crippen molar-refractivity contribution in [3.05, 3.63) is 168 Å². The van der Waals surface area contributed by atoms with Crippen LogP contribution >= 0.6 is 0 Å². The molecule has 45 heavy (non-hydrogen) atoms. The van der Waals surface area contributed by atoms with Crippen LogP contribution in [0.5, 0.6) is 0 Å². The molecule has 8 aromatic rings. The summed E-state index contributed by atoms with van der Waals surface area (Å²) in [6, 6.07) is 52.4. The molecule has 0 saturated heterocycles. The first-order valence-electron chi connectivity index (χ1n) is 14.9. The lowest BCUT2D eigenvalue weighted by Gasteiger charge is -2.11. The lowest BCUT2D eigenvalue weighted by Crippen LogP contribution is -2.01. The van der Waals surface area contributed by atoms with Crippen LogP contribution in [0.1, 0.15) is 0 Å². The standard InChI is InChI=1S/C41H26N2O2/c44-40-34-19-7-8-20-38(34)45-39-25-32(21-22-35(39)40)30-16-9-15-29(23-30)31-17-10-18-33(24-31)41-42-36(27-11-3-1-4-12-27)26-37(43-41)28-13-5-2-6-14-28/h1-26H. The van der Waals surface area contributed by atoms with Gasteiger partial charge < -0.3 is 4.42 Å². The molecule has 0 bridgehead atoms. The molecule has 0 aliphatic rings. The predicted octanol–water partition coefficient (Wildman–Crippen LogP) is 10.1. The molecule has 2 heterocycles. The van der Waals surface area contributed by atoms with Gasteiger partial charge in [-0.25, -0.2) is 9.97 Å². The molecule has 0 spiro atoms. The fraction of sp³-hybridized carbons (Fsp3) is 0. The number of para-hydroxylation sites is 1. The number of fused-ring (bicyclic) bond motifs is 2. The zero-order chi connectivity index (χ0) is 30.2. The monoisotopic (exact) mass is 578 g/mol. The Bertz CT molecular complexity index is 2340. The first kappa shape index (κ1) is 26.5. The van der Waals surface area contributed by atoms with Crippen molar-refractivity contribution in [1.82, 2.24) is 9.97 Å². The van der Waals surface area contributed by atoms with Crippen LogP contribution in [0.25, 0.3) is 78.1 Å². The number of nitrogens with zero attached hydrogens (tertiary/aromatic N) is 2. The van der Waals surface area contributed by atoms with E-state index in [9.17, 15) is 4.79 Å². The van der Waals surface area contributed by atoms with Crippen molar-refractivity contribution in [3.8, 4) is 56.2 Å². The van der Waals surface area contributed by atoms with Gasteiger partial charge in [0.15, 0.2) is 5.82 Å². The number of hydrogen-bond acceptors (Lipinski definition) is 4. The van der Waals surface area contributed by atoms with Crippen LogP contribution in [0, 0.1) is 0 Å². The highest BCUT2D eigenvalue weighted by Gasteiger charge is 2.13. The van der Waals surface area contributed by atoms with Crippen LogP contribution < -0.4 is 5.43 Å². The number of rotatable bonds is 5. The molecule has 6 aromatic carbocycles. The molecule has 0 N–H and O–H groups in total. The summed E-state index contributed by atoms with van der Waals surface area (Å²) in [6.45, 7) is 0. The Hall–Kier alpha value is -6.13. The molecular weight excluding hydrogens is 552 g/mol. The molecule has 0 radical (unpaired) electrons. The molecule has 0 fully saturated rings. The summed E-state index contributed by atoms with van der Waals surface area (Å²) in [5.74, 6) is 0.671. The summed E-state index contributed by atoms with van der Waals surface area (Å²) >= 11 is 0. The van der Waals surface area contributed by atoms with E-state index in [1.807, 2.05) is 78.9 Å². The second kappa shape index (κ2) is 11.2. The van der Waals surface area contributed by atoms with E-state index >= 15 is 0 Å². The van der Waals surface area contributed by atoms with Gasteiger partial charge in [0.2, 0.25) is 5.43 Å². The Kier molecular flexibility index (Phi) is 6.58. The summed E-state index contributed by atoms with van der Waals surface area (Å²) in [7, 11) is 0. The highest BCUT2D eigenvalue weighted by Crippen LogP contribution is 2.32. The van der Waals surface area contributed by atoms with E-state index in [1.165, 1.54) is 0 Å². The average molecular weight is 579 g/mol. The molecule has 0 aliphatic heterocycles. The number of hydrogen-bond donors (Lipinski definition) is 0. The predicted molar refractivity (Wildman–Crippen MR) is 183 cm³/mol. The van der Waals surface area contributed by atoms with E-state index in [1.54, 1.807) is 6.07 Å². The summed E-state index contributed by atoms with van der Waals surface area (Å²) in [5.41, 5.74) is 10.1. The van der Waals surface area contributed by atoms with Gasteiger partial charge in [-0.2, -0.15) is 0 Å². The highest BCUT2D eigenvalue weighted by atomic mass is 16.3. The van der Waals surface area contributed by atoms with Crippen molar-refractivity contribution in [1.29, 1.82) is 0 Å². The Balaban J connectivity index is 1.20. The van der Waals surface area contributed by atoms with E-state index in [0.29, 0.717) is 27.8 Å². The van der Waals surface area contributed by atoms with E-state index < -0.39 is 0 Å². The molecule has 0 aliphatic carbocycles. The molecule has 0 unspecified atom stereocenters. The summed E-state index contributed by atoms with van der Waals surface area (Å²) < 4.78 is 6.14. The Morgan fingerprint density at radius 3 is 1.51 bits per heavy atom. The lowest BCUT2D eigenvalue weighted by molar-refractivity contribution is 0.660.